The summed E-state index contributed by atoms with van der Waals surface area (Å²) in [6.07, 6.45) is 0.208. The number of fused-ring (bicyclic) bond motifs is 1. The van der Waals surface area contributed by atoms with Gasteiger partial charge in [0.05, 0.1) is 5.92 Å². The van der Waals surface area contributed by atoms with Crippen molar-refractivity contribution in [3.05, 3.63) is 48.0 Å². The Labute approximate surface area is 170 Å². The first-order chi connectivity index (χ1) is 14.0. The third-order valence-electron chi connectivity index (χ3n) is 5.25. The molecule has 7 nitrogen and oxygen atoms in total. The standard InChI is InChI=1S/C22H25N3O4/c1-24(2)17-5-3-15(4-6-17)13-23-22(27)16-11-21(26)25(14-16)18-7-8-19-20(12-18)29-10-9-28-19/h3-8,12,16H,9-11,13-14H2,1-2H3,(H,23,27). The number of carbonyl (C=O) groups is 2. The van der Waals surface area contributed by atoms with Gasteiger partial charge in [-0.05, 0) is 29.8 Å². The highest BCUT2D eigenvalue weighted by Gasteiger charge is 2.35. The van der Waals surface area contributed by atoms with Crippen LogP contribution in [0.2, 0.25) is 0 Å². The lowest BCUT2D eigenvalue weighted by Gasteiger charge is -2.22. The number of amides is 2. The molecular weight excluding hydrogens is 370 g/mol. The Hall–Kier alpha value is -3.22. The summed E-state index contributed by atoms with van der Waals surface area (Å²) in [5.41, 5.74) is 2.86. The number of hydrogen-bond donors (Lipinski definition) is 1. The summed E-state index contributed by atoms with van der Waals surface area (Å²) in [4.78, 5) is 28.8. The second-order valence-corrected chi connectivity index (χ2v) is 7.51. The second kappa shape index (κ2) is 8.03. The summed E-state index contributed by atoms with van der Waals surface area (Å²) in [6.45, 7) is 1.82. The molecule has 0 aliphatic carbocycles. The molecular formula is C22H25N3O4. The molecule has 2 heterocycles. The highest BCUT2D eigenvalue weighted by atomic mass is 16.6. The molecule has 0 spiro atoms. The molecule has 2 amide bonds. The summed E-state index contributed by atoms with van der Waals surface area (Å²) in [5.74, 6) is 0.792. The van der Waals surface area contributed by atoms with E-state index in [1.165, 1.54) is 0 Å². The molecule has 4 rings (SSSR count). The monoisotopic (exact) mass is 395 g/mol. The van der Waals surface area contributed by atoms with Crippen LogP contribution in [0, 0.1) is 5.92 Å². The minimum atomic E-state index is -0.364. The number of hydrogen-bond acceptors (Lipinski definition) is 5. The molecule has 7 heteroatoms. The van der Waals surface area contributed by atoms with Crippen molar-refractivity contribution in [2.45, 2.75) is 13.0 Å². The van der Waals surface area contributed by atoms with Crippen LogP contribution in [0.1, 0.15) is 12.0 Å². The van der Waals surface area contributed by atoms with Crippen LogP contribution in [-0.2, 0) is 16.1 Å². The van der Waals surface area contributed by atoms with Crippen LogP contribution in [0.3, 0.4) is 0 Å². The average Bonchev–Trinajstić information content (AvgIpc) is 3.13. The summed E-state index contributed by atoms with van der Waals surface area (Å²) < 4.78 is 11.1. The van der Waals surface area contributed by atoms with Gasteiger partial charge in [-0.15, -0.1) is 0 Å². The van der Waals surface area contributed by atoms with Crippen molar-refractivity contribution in [1.82, 2.24) is 5.32 Å². The predicted octanol–water partition coefficient (Wildman–Crippen LogP) is 2.19. The summed E-state index contributed by atoms with van der Waals surface area (Å²) >= 11 is 0. The van der Waals surface area contributed by atoms with Crippen LogP contribution in [0.15, 0.2) is 42.5 Å². The molecule has 2 aliphatic rings. The van der Waals surface area contributed by atoms with E-state index in [9.17, 15) is 9.59 Å². The first kappa shape index (κ1) is 19.1. The molecule has 0 radical (unpaired) electrons. The normalized spacial score (nSPS) is 17.9. The van der Waals surface area contributed by atoms with Gasteiger partial charge < -0.3 is 24.6 Å². The number of nitrogens with one attached hydrogen (secondary N) is 1. The van der Waals surface area contributed by atoms with E-state index >= 15 is 0 Å². The third kappa shape index (κ3) is 4.13. The zero-order valence-electron chi connectivity index (χ0n) is 16.7. The Bertz CT molecular complexity index is 911. The average molecular weight is 395 g/mol. The van der Waals surface area contributed by atoms with E-state index < -0.39 is 0 Å². The van der Waals surface area contributed by atoms with E-state index in [2.05, 4.69) is 5.32 Å². The van der Waals surface area contributed by atoms with Crippen molar-refractivity contribution in [3.63, 3.8) is 0 Å². The van der Waals surface area contributed by atoms with E-state index in [1.54, 1.807) is 11.0 Å². The number of ether oxygens (including phenoxy) is 2. The minimum absolute atomic E-state index is 0.0582. The van der Waals surface area contributed by atoms with Gasteiger partial charge in [0.15, 0.2) is 11.5 Å². The summed E-state index contributed by atoms with van der Waals surface area (Å²) in [6, 6.07) is 13.5. The molecule has 29 heavy (non-hydrogen) atoms. The highest BCUT2D eigenvalue weighted by molar-refractivity contribution is 6.00. The molecule has 2 aromatic rings. The van der Waals surface area contributed by atoms with Gasteiger partial charge >= 0.3 is 0 Å². The predicted molar refractivity (Wildman–Crippen MR) is 111 cm³/mol. The van der Waals surface area contributed by atoms with Crippen LogP contribution in [0.25, 0.3) is 0 Å². The largest absolute Gasteiger partial charge is 0.486 e. The van der Waals surface area contributed by atoms with E-state index in [1.807, 2.05) is 55.4 Å². The Morgan fingerprint density at radius 2 is 1.83 bits per heavy atom. The molecule has 1 unspecified atom stereocenters. The lowest BCUT2D eigenvalue weighted by atomic mass is 10.1. The zero-order chi connectivity index (χ0) is 20.4. The number of anilines is 2. The number of nitrogens with zero attached hydrogens (tertiary/aromatic N) is 2. The molecule has 1 fully saturated rings. The lowest BCUT2D eigenvalue weighted by molar-refractivity contribution is -0.126. The van der Waals surface area contributed by atoms with Gasteiger partial charge in [-0.3, -0.25) is 9.59 Å². The van der Waals surface area contributed by atoms with Crippen molar-refractivity contribution < 1.29 is 19.1 Å². The van der Waals surface area contributed by atoms with Crippen LogP contribution >= 0.6 is 0 Å². The highest BCUT2D eigenvalue weighted by Crippen LogP contribution is 2.36. The molecule has 2 aromatic carbocycles. The van der Waals surface area contributed by atoms with E-state index in [-0.39, 0.29) is 24.2 Å². The van der Waals surface area contributed by atoms with Crippen LogP contribution in [-0.4, -0.2) is 45.7 Å². The lowest BCUT2D eigenvalue weighted by Crippen LogP contribution is -2.32. The smallest absolute Gasteiger partial charge is 0.227 e. The van der Waals surface area contributed by atoms with Crippen molar-refractivity contribution in [2.75, 3.05) is 43.7 Å². The Morgan fingerprint density at radius 1 is 1.10 bits per heavy atom. The van der Waals surface area contributed by atoms with Gasteiger partial charge in [-0.1, -0.05) is 12.1 Å². The first-order valence-corrected chi connectivity index (χ1v) is 9.75. The molecule has 1 atom stereocenters. The fourth-order valence-corrected chi connectivity index (χ4v) is 3.58. The second-order valence-electron chi connectivity index (χ2n) is 7.51. The maximum absolute atomic E-state index is 12.6. The van der Waals surface area contributed by atoms with Gasteiger partial charge in [-0.25, -0.2) is 0 Å². The van der Waals surface area contributed by atoms with Crippen molar-refractivity contribution in [3.8, 4) is 11.5 Å². The quantitative estimate of drug-likeness (QED) is 0.840. The molecule has 1 N–H and O–H groups in total. The summed E-state index contributed by atoms with van der Waals surface area (Å²) in [7, 11) is 3.97. The number of benzene rings is 2. The number of rotatable bonds is 5. The van der Waals surface area contributed by atoms with Gasteiger partial charge in [0, 0.05) is 51.0 Å². The minimum Gasteiger partial charge on any atom is -0.486 e. The van der Waals surface area contributed by atoms with E-state index in [0.29, 0.717) is 37.8 Å². The molecule has 0 saturated carbocycles. The Morgan fingerprint density at radius 3 is 2.55 bits per heavy atom. The first-order valence-electron chi connectivity index (χ1n) is 9.75. The molecule has 0 aromatic heterocycles. The summed E-state index contributed by atoms with van der Waals surface area (Å²) in [5, 5.41) is 2.96. The maximum Gasteiger partial charge on any atom is 0.227 e. The number of carbonyl (C=O) groups excluding carboxylic acids is 2. The van der Waals surface area contributed by atoms with E-state index in [0.717, 1.165) is 16.9 Å². The Balaban J connectivity index is 1.36. The zero-order valence-corrected chi connectivity index (χ0v) is 16.7. The van der Waals surface area contributed by atoms with Gasteiger partial charge in [0.2, 0.25) is 11.8 Å². The maximum atomic E-state index is 12.6. The van der Waals surface area contributed by atoms with Crippen molar-refractivity contribution >= 4 is 23.2 Å². The van der Waals surface area contributed by atoms with E-state index in [4.69, 9.17) is 9.47 Å². The van der Waals surface area contributed by atoms with Gasteiger partial charge in [0.25, 0.3) is 0 Å². The van der Waals surface area contributed by atoms with Crippen molar-refractivity contribution in [2.24, 2.45) is 5.92 Å². The molecule has 152 valence electrons. The van der Waals surface area contributed by atoms with Crippen LogP contribution in [0.5, 0.6) is 11.5 Å². The van der Waals surface area contributed by atoms with Gasteiger partial charge in [-0.2, -0.15) is 0 Å². The van der Waals surface area contributed by atoms with Crippen molar-refractivity contribution in [1.29, 1.82) is 0 Å². The third-order valence-corrected chi connectivity index (χ3v) is 5.25. The molecule has 1 saturated heterocycles. The van der Waals surface area contributed by atoms with Crippen LogP contribution < -0.4 is 24.6 Å². The molecule has 0 bridgehead atoms. The topological polar surface area (TPSA) is 71.1 Å². The Kier molecular flexibility index (Phi) is 5.29. The molecule has 2 aliphatic heterocycles. The SMILES string of the molecule is CN(C)c1ccc(CNC(=O)C2CC(=O)N(c3ccc4c(c3)OCCO4)C2)cc1. The van der Waals surface area contributed by atoms with Crippen LogP contribution in [0.4, 0.5) is 11.4 Å². The van der Waals surface area contributed by atoms with Gasteiger partial charge in [0.1, 0.15) is 13.2 Å². The fraction of sp³-hybridized carbons (Fsp3) is 0.364. The fourth-order valence-electron chi connectivity index (χ4n) is 3.58.